The summed E-state index contributed by atoms with van der Waals surface area (Å²) in [4.78, 5) is 13.6. The van der Waals surface area contributed by atoms with Crippen molar-refractivity contribution in [2.75, 3.05) is 19.6 Å². The minimum absolute atomic E-state index is 0.217. The summed E-state index contributed by atoms with van der Waals surface area (Å²) in [5, 5.41) is 3.30. The van der Waals surface area contributed by atoms with E-state index in [-0.39, 0.29) is 5.91 Å². The third-order valence-corrected chi connectivity index (χ3v) is 4.82. The van der Waals surface area contributed by atoms with E-state index in [0.717, 1.165) is 28.6 Å². The van der Waals surface area contributed by atoms with Gasteiger partial charge in [0.25, 0.3) is 0 Å². The Bertz CT molecular complexity index is 420. The van der Waals surface area contributed by atoms with Crippen molar-refractivity contribution in [1.29, 1.82) is 0 Å². The summed E-state index contributed by atoms with van der Waals surface area (Å²) < 4.78 is 2.10. The van der Waals surface area contributed by atoms with E-state index >= 15 is 0 Å². The largest absolute Gasteiger partial charge is 0.343 e. The van der Waals surface area contributed by atoms with Crippen molar-refractivity contribution in [3.05, 3.63) is 32.7 Å². The quantitative estimate of drug-likeness (QED) is 0.720. The van der Waals surface area contributed by atoms with Crippen molar-refractivity contribution in [2.45, 2.75) is 26.8 Å². The standard InChI is InChI=1S/C14H20Br2N2O/c1-3-18(4-2)14(19)7-8-17-10-11-5-6-12(15)13(16)9-11/h5-6,9,17H,3-4,7-8,10H2,1-2H3. The highest BCUT2D eigenvalue weighted by Crippen LogP contribution is 2.23. The van der Waals surface area contributed by atoms with Crippen LogP contribution < -0.4 is 5.32 Å². The molecule has 106 valence electrons. The summed E-state index contributed by atoms with van der Waals surface area (Å²) in [6.07, 6.45) is 0.555. The summed E-state index contributed by atoms with van der Waals surface area (Å²) in [6.45, 7) is 7.08. The molecule has 19 heavy (non-hydrogen) atoms. The van der Waals surface area contributed by atoms with Crippen LogP contribution in [0.2, 0.25) is 0 Å². The first kappa shape index (κ1) is 16.7. The summed E-state index contributed by atoms with van der Waals surface area (Å²) in [6, 6.07) is 6.15. The van der Waals surface area contributed by atoms with Crippen LogP contribution in [0.15, 0.2) is 27.1 Å². The molecule has 0 radical (unpaired) electrons. The van der Waals surface area contributed by atoms with Gasteiger partial charge in [0.1, 0.15) is 0 Å². The second-order valence-electron chi connectivity index (χ2n) is 4.24. The van der Waals surface area contributed by atoms with Crippen LogP contribution in [0.4, 0.5) is 0 Å². The number of nitrogens with zero attached hydrogens (tertiary/aromatic N) is 1. The molecule has 0 aliphatic rings. The molecular weight excluding hydrogens is 372 g/mol. The van der Waals surface area contributed by atoms with Crippen molar-refractivity contribution in [3.8, 4) is 0 Å². The lowest BCUT2D eigenvalue weighted by atomic mass is 10.2. The topological polar surface area (TPSA) is 32.3 Å². The normalized spacial score (nSPS) is 10.5. The number of carbonyl (C=O) groups excluding carboxylic acids is 1. The fourth-order valence-corrected chi connectivity index (χ4v) is 2.48. The Morgan fingerprint density at radius 1 is 1.21 bits per heavy atom. The van der Waals surface area contributed by atoms with Crippen LogP contribution in [-0.2, 0) is 11.3 Å². The van der Waals surface area contributed by atoms with Crippen LogP contribution in [0.1, 0.15) is 25.8 Å². The fraction of sp³-hybridized carbons (Fsp3) is 0.500. The van der Waals surface area contributed by atoms with E-state index in [4.69, 9.17) is 0 Å². The molecule has 0 saturated heterocycles. The van der Waals surface area contributed by atoms with Gasteiger partial charge in [-0.25, -0.2) is 0 Å². The molecule has 0 bridgehead atoms. The van der Waals surface area contributed by atoms with E-state index in [1.54, 1.807) is 0 Å². The fourth-order valence-electron chi connectivity index (χ4n) is 1.81. The molecule has 1 N–H and O–H groups in total. The third-order valence-electron chi connectivity index (χ3n) is 2.94. The van der Waals surface area contributed by atoms with E-state index in [2.05, 4.69) is 49.3 Å². The maximum absolute atomic E-state index is 11.8. The third kappa shape index (κ3) is 5.63. The van der Waals surface area contributed by atoms with Crippen molar-refractivity contribution in [3.63, 3.8) is 0 Å². The molecule has 5 heteroatoms. The van der Waals surface area contributed by atoms with Crippen LogP contribution in [0.25, 0.3) is 0 Å². The van der Waals surface area contributed by atoms with Crippen LogP contribution in [0, 0.1) is 0 Å². The molecule has 0 unspecified atom stereocenters. The van der Waals surface area contributed by atoms with E-state index in [0.29, 0.717) is 13.0 Å². The lowest BCUT2D eigenvalue weighted by Gasteiger charge is -2.18. The number of hydrogen-bond donors (Lipinski definition) is 1. The number of halogens is 2. The van der Waals surface area contributed by atoms with Crippen molar-refractivity contribution in [1.82, 2.24) is 10.2 Å². The Morgan fingerprint density at radius 2 is 1.89 bits per heavy atom. The first-order valence-electron chi connectivity index (χ1n) is 6.50. The zero-order valence-corrected chi connectivity index (χ0v) is 14.6. The predicted molar refractivity (Wildman–Crippen MR) is 86.1 cm³/mol. The molecule has 1 aromatic rings. The van der Waals surface area contributed by atoms with E-state index in [9.17, 15) is 4.79 Å². The minimum atomic E-state index is 0.217. The van der Waals surface area contributed by atoms with Gasteiger partial charge in [0, 0.05) is 41.5 Å². The second kappa shape index (κ2) is 8.72. The smallest absolute Gasteiger partial charge is 0.223 e. The zero-order valence-electron chi connectivity index (χ0n) is 11.4. The van der Waals surface area contributed by atoms with Gasteiger partial charge < -0.3 is 10.2 Å². The molecular formula is C14H20Br2N2O. The van der Waals surface area contributed by atoms with Gasteiger partial charge in [0.2, 0.25) is 5.91 Å². The first-order valence-corrected chi connectivity index (χ1v) is 8.09. The van der Waals surface area contributed by atoms with E-state index in [1.165, 1.54) is 5.56 Å². The van der Waals surface area contributed by atoms with Crippen molar-refractivity contribution < 1.29 is 4.79 Å². The van der Waals surface area contributed by atoms with Crippen molar-refractivity contribution in [2.24, 2.45) is 0 Å². The summed E-state index contributed by atoms with van der Waals surface area (Å²) in [5.74, 6) is 0.217. The van der Waals surface area contributed by atoms with Gasteiger partial charge in [-0.05, 0) is 63.4 Å². The van der Waals surface area contributed by atoms with E-state index < -0.39 is 0 Å². The van der Waals surface area contributed by atoms with Gasteiger partial charge in [0.15, 0.2) is 0 Å². The lowest BCUT2D eigenvalue weighted by Crippen LogP contribution is -2.32. The Labute approximate surface area is 132 Å². The van der Waals surface area contributed by atoms with E-state index in [1.807, 2.05) is 24.8 Å². The maximum Gasteiger partial charge on any atom is 0.223 e. The Hall–Kier alpha value is -0.390. The van der Waals surface area contributed by atoms with Gasteiger partial charge in [-0.3, -0.25) is 4.79 Å². The van der Waals surface area contributed by atoms with Gasteiger partial charge in [-0.2, -0.15) is 0 Å². The minimum Gasteiger partial charge on any atom is -0.343 e. The summed E-state index contributed by atoms with van der Waals surface area (Å²) in [7, 11) is 0. The average molecular weight is 392 g/mol. The van der Waals surface area contributed by atoms with Crippen LogP contribution in [0.5, 0.6) is 0 Å². The SMILES string of the molecule is CCN(CC)C(=O)CCNCc1ccc(Br)c(Br)c1. The molecule has 1 aromatic carbocycles. The molecule has 1 rings (SSSR count). The van der Waals surface area contributed by atoms with Gasteiger partial charge in [-0.1, -0.05) is 6.07 Å². The predicted octanol–water partition coefficient (Wildman–Crippen LogP) is 3.56. The number of benzene rings is 1. The Kier molecular flexibility index (Phi) is 7.64. The second-order valence-corrected chi connectivity index (χ2v) is 5.95. The highest BCUT2D eigenvalue weighted by molar-refractivity contribution is 9.13. The molecule has 0 spiro atoms. The molecule has 0 aliphatic carbocycles. The number of nitrogens with one attached hydrogen (secondary N) is 1. The molecule has 0 aliphatic heterocycles. The monoisotopic (exact) mass is 390 g/mol. The zero-order chi connectivity index (χ0) is 14.3. The highest BCUT2D eigenvalue weighted by Gasteiger charge is 2.08. The van der Waals surface area contributed by atoms with Gasteiger partial charge in [0.05, 0.1) is 0 Å². The van der Waals surface area contributed by atoms with Gasteiger partial charge in [-0.15, -0.1) is 0 Å². The molecule has 0 heterocycles. The van der Waals surface area contributed by atoms with Crippen molar-refractivity contribution >= 4 is 37.8 Å². The van der Waals surface area contributed by atoms with Gasteiger partial charge >= 0.3 is 0 Å². The molecule has 0 saturated carbocycles. The molecule has 0 atom stereocenters. The number of hydrogen-bond acceptors (Lipinski definition) is 2. The average Bonchev–Trinajstić information content (AvgIpc) is 2.40. The Balaban J connectivity index is 2.31. The van der Waals surface area contributed by atoms with Crippen LogP contribution >= 0.6 is 31.9 Å². The summed E-state index contributed by atoms with van der Waals surface area (Å²) >= 11 is 6.93. The molecule has 1 amide bonds. The number of rotatable bonds is 7. The molecule has 3 nitrogen and oxygen atoms in total. The Morgan fingerprint density at radius 3 is 2.47 bits per heavy atom. The first-order chi connectivity index (χ1) is 9.08. The lowest BCUT2D eigenvalue weighted by molar-refractivity contribution is -0.130. The molecule has 0 fully saturated rings. The maximum atomic E-state index is 11.8. The molecule has 0 aromatic heterocycles. The highest BCUT2D eigenvalue weighted by atomic mass is 79.9. The number of amides is 1. The van der Waals surface area contributed by atoms with Crippen LogP contribution in [-0.4, -0.2) is 30.4 Å². The summed E-state index contributed by atoms with van der Waals surface area (Å²) in [5.41, 5.74) is 1.20. The van der Waals surface area contributed by atoms with Crippen LogP contribution in [0.3, 0.4) is 0 Å². The number of carbonyl (C=O) groups is 1.